The topological polar surface area (TPSA) is 79.5 Å². The lowest BCUT2D eigenvalue weighted by Crippen LogP contribution is -2.52. The standard InChI is InChI=1S/C16H16Cl2N4O2S/c17-10-2-1-3-11(18)14(10)15-20-12(9-25-15)16(24)22-6-4-21(5-7-22)13(23)8-19/h1-3,9H,4-8,19H2. The van der Waals surface area contributed by atoms with Crippen molar-refractivity contribution in [1.29, 1.82) is 0 Å². The largest absolute Gasteiger partial charge is 0.338 e. The Hall–Kier alpha value is -1.67. The van der Waals surface area contributed by atoms with Gasteiger partial charge < -0.3 is 15.5 Å². The van der Waals surface area contributed by atoms with E-state index in [4.69, 9.17) is 28.9 Å². The quantitative estimate of drug-likeness (QED) is 0.860. The highest BCUT2D eigenvalue weighted by molar-refractivity contribution is 7.13. The van der Waals surface area contributed by atoms with Crippen LogP contribution in [0.2, 0.25) is 10.0 Å². The maximum absolute atomic E-state index is 12.6. The zero-order valence-electron chi connectivity index (χ0n) is 13.2. The summed E-state index contributed by atoms with van der Waals surface area (Å²) in [7, 11) is 0. The third-order valence-electron chi connectivity index (χ3n) is 3.99. The molecular weight excluding hydrogens is 383 g/mol. The monoisotopic (exact) mass is 398 g/mol. The van der Waals surface area contributed by atoms with Crippen LogP contribution < -0.4 is 5.73 Å². The molecule has 0 radical (unpaired) electrons. The van der Waals surface area contributed by atoms with Crippen molar-refractivity contribution in [2.75, 3.05) is 32.7 Å². The molecule has 1 aliphatic rings. The molecule has 2 heterocycles. The number of hydrogen-bond donors (Lipinski definition) is 1. The molecule has 25 heavy (non-hydrogen) atoms. The molecule has 1 fully saturated rings. The number of thiazole rings is 1. The molecule has 0 spiro atoms. The summed E-state index contributed by atoms with van der Waals surface area (Å²) in [4.78, 5) is 32.0. The lowest BCUT2D eigenvalue weighted by molar-refractivity contribution is -0.131. The summed E-state index contributed by atoms with van der Waals surface area (Å²) in [6, 6.07) is 5.23. The van der Waals surface area contributed by atoms with Gasteiger partial charge >= 0.3 is 0 Å². The minimum atomic E-state index is -0.162. The number of amides is 2. The highest BCUT2D eigenvalue weighted by Crippen LogP contribution is 2.36. The average molecular weight is 399 g/mol. The third-order valence-corrected chi connectivity index (χ3v) is 5.48. The number of hydrogen-bond acceptors (Lipinski definition) is 5. The first-order valence-electron chi connectivity index (χ1n) is 7.68. The summed E-state index contributed by atoms with van der Waals surface area (Å²) in [6.07, 6.45) is 0. The van der Waals surface area contributed by atoms with Crippen LogP contribution in [0.5, 0.6) is 0 Å². The lowest BCUT2D eigenvalue weighted by atomic mass is 10.2. The Morgan fingerprint density at radius 3 is 2.32 bits per heavy atom. The molecule has 132 valence electrons. The van der Waals surface area contributed by atoms with Crippen LogP contribution in [-0.2, 0) is 4.79 Å². The molecule has 6 nitrogen and oxygen atoms in total. The Morgan fingerprint density at radius 1 is 1.12 bits per heavy atom. The number of carbonyl (C=O) groups is 2. The number of halogens is 2. The third kappa shape index (κ3) is 3.79. The Kier molecular flexibility index (Phi) is 5.58. The summed E-state index contributed by atoms with van der Waals surface area (Å²) in [5.41, 5.74) is 6.36. The van der Waals surface area contributed by atoms with Crippen molar-refractivity contribution in [3.63, 3.8) is 0 Å². The van der Waals surface area contributed by atoms with Crippen molar-refractivity contribution in [1.82, 2.24) is 14.8 Å². The molecule has 0 atom stereocenters. The fourth-order valence-corrected chi connectivity index (χ4v) is 4.19. The van der Waals surface area contributed by atoms with E-state index in [1.54, 1.807) is 33.4 Å². The lowest BCUT2D eigenvalue weighted by Gasteiger charge is -2.34. The Labute approximate surface area is 159 Å². The molecule has 0 unspecified atom stereocenters. The predicted molar refractivity (Wildman–Crippen MR) is 99.1 cm³/mol. The Morgan fingerprint density at radius 2 is 1.72 bits per heavy atom. The first kappa shape index (κ1) is 18.1. The van der Waals surface area contributed by atoms with E-state index >= 15 is 0 Å². The fraction of sp³-hybridized carbons (Fsp3) is 0.312. The molecule has 1 aliphatic heterocycles. The molecule has 3 rings (SSSR count). The number of aromatic nitrogens is 1. The van der Waals surface area contributed by atoms with E-state index in [-0.39, 0.29) is 18.4 Å². The van der Waals surface area contributed by atoms with E-state index < -0.39 is 0 Å². The van der Waals surface area contributed by atoms with Gasteiger partial charge in [0.2, 0.25) is 5.91 Å². The molecule has 1 saturated heterocycles. The number of piperazine rings is 1. The molecular formula is C16H16Cl2N4O2S. The zero-order chi connectivity index (χ0) is 18.0. The van der Waals surface area contributed by atoms with Gasteiger partial charge in [0.15, 0.2) is 0 Å². The molecule has 0 aliphatic carbocycles. The number of nitrogens with two attached hydrogens (primary N) is 1. The van der Waals surface area contributed by atoms with E-state index in [1.807, 2.05) is 0 Å². The van der Waals surface area contributed by atoms with Gasteiger partial charge in [-0.3, -0.25) is 9.59 Å². The van der Waals surface area contributed by atoms with Crippen LogP contribution >= 0.6 is 34.5 Å². The fourth-order valence-electron chi connectivity index (χ4n) is 2.64. The number of nitrogens with zero attached hydrogens (tertiary/aromatic N) is 3. The normalized spacial score (nSPS) is 14.7. The van der Waals surface area contributed by atoms with Crippen molar-refractivity contribution in [2.24, 2.45) is 5.73 Å². The van der Waals surface area contributed by atoms with Gasteiger partial charge in [-0.15, -0.1) is 11.3 Å². The Balaban J connectivity index is 1.73. The highest BCUT2D eigenvalue weighted by atomic mass is 35.5. The van der Waals surface area contributed by atoms with Gasteiger partial charge in [-0.25, -0.2) is 4.98 Å². The molecule has 0 saturated carbocycles. The summed E-state index contributed by atoms with van der Waals surface area (Å²) >= 11 is 13.7. The van der Waals surface area contributed by atoms with Crippen LogP contribution in [0.25, 0.3) is 10.6 Å². The smallest absolute Gasteiger partial charge is 0.273 e. The van der Waals surface area contributed by atoms with E-state index in [1.165, 1.54) is 11.3 Å². The first-order chi connectivity index (χ1) is 12.0. The summed E-state index contributed by atoms with van der Waals surface area (Å²) in [5.74, 6) is -0.262. The predicted octanol–water partition coefficient (Wildman–Crippen LogP) is 2.36. The molecule has 2 aromatic rings. The molecule has 0 bridgehead atoms. The number of rotatable bonds is 3. The molecule has 1 aromatic carbocycles. The summed E-state index contributed by atoms with van der Waals surface area (Å²) in [6.45, 7) is 1.88. The summed E-state index contributed by atoms with van der Waals surface area (Å²) in [5, 5.41) is 3.30. The van der Waals surface area contributed by atoms with E-state index in [0.717, 1.165) is 0 Å². The van der Waals surface area contributed by atoms with Gasteiger partial charge in [0.25, 0.3) is 5.91 Å². The van der Waals surface area contributed by atoms with Gasteiger partial charge in [0.1, 0.15) is 10.7 Å². The number of carbonyl (C=O) groups excluding carboxylic acids is 2. The Bertz CT molecular complexity index is 783. The van der Waals surface area contributed by atoms with Gasteiger partial charge in [-0.1, -0.05) is 29.3 Å². The van der Waals surface area contributed by atoms with Crippen molar-refractivity contribution in [2.45, 2.75) is 0 Å². The second-order valence-electron chi connectivity index (χ2n) is 5.51. The average Bonchev–Trinajstić information content (AvgIpc) is 3.10. The van der Waals surface area contributed by atoms with E-state index in [0.29, 0.717) is 52.5 Å². The van der Waals surface area contributed by atoms with Gasteiger partial charge in [-0.2, -0.15) is 0 Å². The van der Waals surface area contributed by atoms with Gasteiger partial charge in [-0.05, 0) is 12.1 Å². The second kappa shape index (κ2) is 7.70. The highest BCUT2D eigenvalue weighted by Gasteiger charge is 2.26. The van der Waals surface area contributed by atoms with Crippen LogP contribution in [0.3, 0.4) is 0 Å². The van der Waals surface area contributed by atoms with Crippen molar-refractivity contribution in [3.05, 3.63) is 39.3 Å². The van der Waals surface area contributed by atoms with Gasteiger partial charge in [0.05, 0.1) is 16.6 Å². The number of benzene rings is 1. The van der Waals surface area contributed by atoms with E-state index in [9.17, 15) is 9.59 Å². The minimum Gasteiger partial charge on any atom is -0.338 e. The minimum absolute atomic E-state index is 0.0119. The van der Waals surface area contributed by atoms with E-state index in [2.05, 4.69) is 4.98 Å². The van der Waals surface area contributed by atoms with Crippen molar-refractivity contribution >= 4 is 46.4 Å². The molecule has 2 N–H and O–H groups in total. The SMILES string of the molecule is NCC(=O)N1CCN(C(=O)c2csc(-c3c(Cl)cccc3Cl)n2)CC1. The van der Waals surface area contributed by atoms with Crippen molar-refractivity contribution < 1.29 is 9.59 Å². The van der Waals surface area contributed by atoms with Crippen LogP contribution in [0.15, 0.2) is 23.6 Å². The molecule has 1 aromatic heterocycles. The maximum atomic E-state index is 12.6. The first-order valence-corrected chi connectivity index (χ1v) is 9.32. The maximum Gasteiger partial charge on any atom is 0.273 e. The van der Waals surface area contributed by atoms with Crippen LogP contribution in [-0.4, -0.2) is 59.3 Å². The van der Waals surface area contributed by atoms with Crippen molar-refractivity contribution in [3.8, 4) is 10.6 Å². The zero-order valence-corrected chi connectivity index (χ0v) is 15.6. The van der Waals surface area contributed by atoms with Crippen LogP contribution in [0, 0.1) is 0 Å². The van der Waals surface area contributed by atoms with Crippen LogP contribution in [0.4, 0.5) is 0 Å². The second-order valence-corrected chi connectivity index (χ2v) is 7.18. The molecule has 9 heteroatoms. The summed E-state index contributed by atoms with van der Waals surface area (Å²) < 4.78 is 0. The van der Waals surface area contributed by atoms with Gasteiger partial charge in [0, 0.05) is 37.1 Å². The molecule has 2 amide bonds. The van der Waals surface area contributed by atoms with Crippen LogP contribution in [0.1, 0.15) is 10.5 Å².